The van der Waals surface area contributed by atoms with Gasteiger partial charge in [-0.3, -0.25) is 0 Å². The molecule has 11 aromatic rings. The summed E-state index contributed by atoms with van der Waals surface area (Å²) in [6.07, 6.45) is 0. The third-order valence-corrected chi connectivity index (χ3v) is 11.3. The lowest BCUT2D eigenvalue weighted by atomic mass is 9.94. The molecular weight excluding hydrogens is 703 g/mol. The Labute approximate surface area is 336 Å². The van der Waals surface area contributed by atoms with Crippen molar-refractivity contribution in [1.29, 1.82) is 0 Å². The van der Waals surface area contributed by atoms with E-state index in [0.29, 0.717) is 17.5 Å². The zero-order valence-electron chi connectivity index (χ0n) is 31.5. The predicted octanol–water partition coefficient (Wildman–Crippen LogP) is 14.5. The normalized spacial score (nSPS) is 11.4. The molecule has 0 spiro atoms. The molecule has 0 aliphatic carbocycles. The molecule has 0 unspecified atom stereocenters. The van der Waals surface area contributed by atoms with Crippen LogP contribution in [0.25, 0.3) is 111 Å². The number of aromatic nitrogens is 3. The van der Waals surface area contributed by atoms with E-state index in [-0.39, 0.29) is 0 Å². The van der Waals surface area contributed by atoms with Crippen LogP contribution in [0.5, 0.6) is 0 Å². The average Bonchev–Trinajstić information content (AvgIpc) is 3.30. The van der Waals surface area contributed by atoms with Crippen LogP contribution in [0.1, 0.15) is 0 Å². The molecule has 1 aromatic heterocycles. The minimum atomic E-state index is 0.631. The molecule has 0 bridgehead atoms. The van der Waals surface area contributed by atoms with Gasteiger partial charge in [-0.05, 0) is 94.7 Å². The van der Waals surface area contributed by atoms with E-state index in [9.17, 15) is 0 Å². The van der Waals surface area contributed by atoms with E-state index in [4.69, 9.17) is 15.0 Å². The Kier molecular flexibility index (Phi) is 8.15. The SMILES string of the molecule is c1ccc(-c2cccc3c(-c4nc(-c5cccc(-c6ccc7cc(-c8cccc9ccccc89)ccc7c6)c5)nc(-c5cccc6ccccc56)n4)cccc23)cc1. The van der Waals surface area contributed by atoms with Gasteiger partial charge in [0.1, 0.15) is 0 Å². The molecule has 0 amide bonds. The number of benzene rings is 10. The molecule has 3 nitrogen and oxygen atoms in total. The highest BCUT2D eigenvalue weighted by atomic mass is 15.0. The van der Waals surface area contributed by atoms with Gasteiger partial charge in [0.2, 0.25) is 0 Å². The molecule has 0 radical (unpaired) electrons. The van der Waals surface area contributed by atoms with Crippen LogP contribution in [0.4, 0.5) is 0 Å². The lowest BCUT2D eigenvalue weighted by Gasteiger charge is -2.13. The van der Waals surface area contributed by atoms with Gasteiger partial charge >= 0.3 is 0 Å². The lowest BCUT2D eigenvalue weighted by Crippen LogP contribution is -2.01. The minimum Gasteiger partial charge on any atom is -0.208 e. The molecule has 0 fully saturated rings. The molecule has 11 rings (SSSR count). The standard InChI is InChI=1S/C55H35N3/c1-2-13-36(14-3-1)46-24-11-26-50-49(46)25-12-28-52(50)55-57-53(56-54(58-55)51-27-10-18-38-16-5-7-22-47(38)51)44-20-8-19-39(35-44)40-29-30-42-34-43(32-31-41(42)33-40)48-23-9-17-37-15-4-6-21-45(37)48/h1-35H. The molecule has 3 heteroatoms. The van der Waals surface area contributed by atoms with E-state index in [1.165, 1.54) is 43.8 Å². The second-order valence-electron chi connectivity index (χ2n) is 14.8. The van der Waals surface area contributed by atoms with Crippen molar-refractivity contribution in [2.24, 2.45) is 0 Å². The summed E-state index contributed by atoms with van der Waals surface area (Å²) in [5.41, 5.74) is 9.92. The summed E-state index contributed by atoms with van der Waals surface area (Å²) >= 11 is 0. The number of hydrogen-bond acceptors (Lipinski definition) is 3. The van der Waals surface area contributed by atoms with Gasteiger partial charge in [-0.15, -0.1) is 0 Å². The zero-order chi connectivity index (χ0) is 38.4. The van der Waals surface area contributed by atoms with Gasteiger partial charge in [-0.1, -0.05) is 194 Å². The summed E-state index contributed by atoms with van der Waals surface area (Å²) in [5.74, 6) is 1.92. The van der Waals surface area contributed by atoms with Crippen LogP contribution in [0.2, 0.25) is 0 Å². The third-order valence-electron chi connectivity index (χ3n) is 11.3. The van der Waals surface area contributed by atoms with Crippen molar-refractivity contribution in [3.63, 3.8) is 0 Å². The number of fused-ring (bicyclic) bond motifs is 4. The van der Waals surface area contributed by atoms with E-state index < -0.39 is 0 Å². The summed E-state index contributed by atoms with van der Waals surface area (Å²) in [4.78, 5) is 15.7. The van der Waals surface area contributed by atoms with Crippen LogP contribution < -0.4 is 0 Å². The van der Waals surface area contributed by atoms with Crippen molar-refractivity contribution in [2.75, 3.05) is 0 Å². The second kappa shape index (κ2) is 14.1. The van der Waals surface area contributed by atoms with Crippen LogP contribution in [0.15, 0.2) is 212 Å². The first-order valence-corrected chi connectivity index (χ1v) is 19.7. The van der Waals surface area contributed by atoms with Gasteiger partial charge in [0, 0.05) is 16.7 Å². The van der Waals surface area contributed by atoms with Crippen molar-refractivity contribution in [1.82, 2.24) is 15.0 Å². The fourth-order valence-electron chi connectivity index (χ4n) is 8.45. The lowest BCUT2D eigenvalue weighted by molar-refractivity contribution is 1.08. The zero-order valence-corrected chi connectivity index (χ0v) is 31.5. The number of nitrogens with zero attached hydrogens (tertiary/aromatic N) is 3. The third kappa shape index (κ3) is 5.98. The summed E-state index contributed by atoms with van der Waals surface area (Å²) in [6, 6.07) is 75.4. The maximum atomic E-state index is 5.25. The average molecular weight is 738 g/mol. The van der Waals surface area contributed by atoms with Gasteiger partial charge in [0.15, 0.2) is 17.5 Å². The highest BCUT2D eigenvalue weighted by molar-refractivity contribution is 6.04. The van der Waals surface area contributed by atoms with Crippen molar-refractivity contribution in [2.45, 2.75) is 0 Å². The Hall–Kier alpha value is -7.75. The predicted molar refractivity (Wildman–Crippen MR) is 242 cm³/mol. The number of hydrogen-bond donors (Lipinski definition) is 0. The van der Waals surface area contributed by atoms with E-state index in [1.54, 1.807) is 0 Å². The molecule has 270 valence electrons. The molecule has 0 saturated carbocycles. The molecule has 0 N–H and O–H groups in total. The Morgan fingerprint density at radius 1 is 0.207 bits per heavy atom. The Balaban J connectivity index is 1.04. The topological polar surface area (TPSA) is 38.7 Å². The first kappa shape index (κ1) is 33.6. The Morgan fingerprint density at radius 3 is 1.33 bits per heavy atom. The molecule has 1 heterocycles. The smallest absolute Gasteiger partial charge is 0.164 e. The van der Waals surface area contributed by atoms with Gasteiger partial charge in [0.25, 0.3) is 0 Å². The first-order chi connectivity index (χ1) is 28.7. The van der Waals surface area contributed by atoms with E-state index in [2.05, 4.69) is 212 Å². The van der Waals surface area contributed by atoms with E-state index >= 15 is 0 Å². The minimum absolute atomic E-state index is 0.631. The quantitative estimate of drug-likeness (QED) is 0.171. The molecule has 0 aliphatic rings. The summed E-state index contributed by atoms with van der Waals surface area (Å²) < 4.78 is 0. The van der Waals surface area contributed by atoms with Crippen LogP contribution in [0, 0.1) is 0 Å². The summed E-state index contributed by atoms with van der Waals surface area (Å²) in [7, 11) is 0. The van der Waals surface area contributed by atoms with E-state index in [0.717, 1.165) is 49.4 Å². The van der Waals surface area contributed by atoms with E-state index in [1.807, 2.05) is 0 Å². The largest absolute Gasteiger partial charge is 0.208 e. The van der Waals surface area contributed by atoms with Gasteiger partial charge in [-0.25, -0.2) is 15.0 Å². The van der Waals surface area contributed by atoms with Crippen molar-refractivity contribution in [3.05, 3.63) is 212 Å². The fraction of sp³-hybridized carbons (Fsp3) is 0. The maximum Gasteiger partial charge on any atom is 0.164 e. The highest BCUT2D eigenvalue weighted by Gasteiger charge is 2.17. The van der Waals surface area contributed by atoms with Crippen molar-refractivity contribution in [3.8, 4) is 67.5 Å². The second-order valence-corrected chi connectivity index (χ2v) is 14.8. The first-order valence-electron chi connectivity index (χ1n) is 19.7. The van der Waals surface area contributed by atoms with Gasteiger partial charge < -0.3 is 0 Å². The van der Waals surface area contributed by atoms with Crippen molar-refractivity contribution < 1.29 is 0 Å². The molecule has 10 aromatic carbocycles. The van der Waals surface area contributed by atoms with Crippen LogP contribution in [-0.4, -0.2) is 15.0 Å². The van der Waals surface area contributed by atoms with Crippen molar-refractivity contribution >= 4 is 43.1 Å². The van der Waals surface area contributed by atoms with Crippen LogP contribution in [0.3, 0.4) is 0 Å². The molecule has 0 aliphatic heterocycles. The molecule has 0 atom stereocenters. The Morgan fingerprint density at radius 2 is 0.621 bits per heavy atom. The maximum absolute atomic E-state index is 5.25. The molecule has 0 saturated heterocycles. The number of rotatable bonds is 6. The monoisotopic (exact) mass is 737 g/mol. The van der Waals surface area contributed by atoms with Gasteiger partial charge in [-0.2, -0.15) is 0 Å². The fourth-order valence-corrected chi connectivity index (χ4v) is 8.45. The molecular formula is C55H35N3. The summed E-state index contributed by atoms with van der Waals surface area (Å²) in [6.45, 7) is 0. The Bertz CT molecular complexity index is 3340. The van der Waals surface area contributed by atoms with Crippen LogP contribution >= 0.6 is 0 Å². The summed E-state index contributed by atoms with van der Waals surface area (Å²) in [5, 5.41) is 9.41. The van der Waals surface area contributed by atoms with Gasteiger partial charge in [0.05, 0.1) is 0 Å². The highest BCUT2D eigenvalue weighted by Crippen LogP contribution is 2.37. The molecule has 58 heavy (non-hydrogen) atoms. The van der Waals surface area contributed by atoms with Crippen LogP contribution in [-0.2, 0) is 0 Å².